The maximum Gasteiger partial charge on any atom is 0.306 e. The molecule has 22 heavy (non-hydrogen) atoms. The Bertz CT molecular complexity index is 666. The third-order valence-corrected chi connectivity index (χ3v) is 2.85. The first kappa shape index (κ1) is 15.4. The van der Waals surface area contributed by atoms with Crippen LogP contribution in [-0.4, -0.2) is 28.7 Å². The molecule has 1 amide bonds. The lowest BCUT2D eigenvalue weighted by Gasteiger charge is -2.08. The van der Waals surface area contributed by atoms with E-state index >= 15 is 0 Å². The lowest BCUT2D eigenvalue weighted by molar-refractivity contribution is -0.137. The van der Waals surface area contributed by atoms with Crippen molar-refractivity contribution in [1.29, 1.82) is 0 Å². The number of carbonyl (C=O) groups excluding carboxylic acids is 1. The highest BCUT2D eigenvalue weighted by molar-refractivity contribution is 6.06. The van der Waals surface area contributed by atoms with Gasteiger partial charge < -0.3 is 20.3 Å². The third kappa shape index (κ3) is 4.24. The largest absolute Gasteiger partial charge is 0.507 e. The normalized spacial score (nSPS) is 10.0. The number of carboxylic acids is 1. The maximum atomic E-state index is 12.0. The number of benzene rings is 2. The number of nitrogens with one attached hydrogen (secondary N) is 1. The van der Waals surface area contributed by atoms with Crippen molar-refractivity contribution in [2.45, 2.75) is 6.42 Å². The predicted molar refractivity (Wildman–Crippen MR) is 80.2 cm³/mol. The highest BCUT2D eigenvalue weighted by atomic mass is 16.5. The fourth-order valence-corrected chi connectivity index (χ4v) is 1.75. The second-order valence-electron chi connectivity index (χ2n) is 4.49. The van der Waals surface area contributed by atoms with Crippen molar-refractivity contribution in [3.05, 3.63) is 54.1 Å². The molecule has 6 heteroatoms. The average Bonchev–Trinajstić information content (AvgIpc) is 2.49. The molecular formula is C16H15NO5. The number of hydrogen-bond donors (Lipinski definition) is 3. The number of ether oxygens (including phenoxy) is 1. The molecule has 0 saturated carbocycles. The summed E-state index contributed by atoms with van der Waals surface area (Å²) in [6, 6.07) is 12.8. The molecule has 2 rings (SSSR count). The number of amides is 1. The number of phenolic OH excluding ortho intramolecular Hbond substituents is 1. The van der Waals surface area contributed by atoms with Gasteiger partial charge in [-0.15, -0.1) is 0 Å². The summed E-state index contributed by atoms with van der Waals surface area (Å²) in [5.74, 6) is -0.917. The molecule has 0 atom stereocenters. The molecule has 0 aromatic heterocycles. The molecule has 0 aliphatic carbocycles. The smallest absolute Gasteiger partial charge is 0.306 e. The molecule has 0 bridgehead atoms. The van der Waals surface area contributed by atoms with Gasteiger partial charge in [-0.25, -0.2) is 0 Å². The molecule has 2 aromatic rings. The lowest BCUT2D eigenvalue weighted by Crippen LogP contribution is -2.12. The van der Waals surface area contributed by atoms with Gasteiger partial charge in [-0.3, -0.25) is 9.59 Å². The first-order valence-corrected chi connectivity index (χ1v) is 6.60. The fourth-order valence-electron chi connectivity index (χ4n) is 1.75. The minimum Gasteiger partial charge on any atom is -0.507 e. The van der Waals surface area contributed by atoms with Crippen LogP contribution in [0.1, 0.15) is 16.8 Å². The quantitative estimate of drug-likeness (QED) is 0.762. The molecule has 0 aliphatic rings. The first-order chi connectivity index (χ1) is 10.6. The van der Waals surface area contributed by atoms with Crippen molar-refractivity contribution in [2.24, 2.45) is 0 Å². The molecule has 3 N–H and O–H groups in total. The van der Waals surface area contributed by atoms with Crippen LogP contribution in [-0.2, 0) is 4.79 Å². The van der Waals surface area contributed by atoms with Crippen molar-refractivity contribution in [2.75, 3.05) is 11.9 Å². The highest BCUT2D eigenvalue weighted by Crippen LogP contribution is 2.19. The average molecular weight is 301 g/mol. The van der Waals surface area contributed by atoms with E-state index in [0.717, 1.165) is 0 Å². The fraction of sp³-hybridized carbons (Fsp3) is 0.125. The van der Waals surface area contributed by atoms with Gasteiger partial charge in [0.25, 0.3) is 5.91 Å². The molecule has 0 spiro atoms. The van der Waals surface area contributed by atoms with Crippen molar-refractivity contribution >= 4 is 17.6 Å². The lowest BCUT2D eigenvalue weighted by atomic mass is 10.2. The summed E-state index contributed by atoms with van der Waals surface area (Å²) in [5, 5.41) is 20.8. The summed E-state index contributed by atoms with van der Waals surface area (Å²) in [4.78, 5) is 22.4. The Balaban J connectivity index is 1.95. The zero-order chi connectivity index (χ0) is 15.9. The zero-order valence-corrected chi connectivity index (χ0v) is 11.7. The molecule has 0 aliphatic heterocycles. The van der Waals surface area contributed by atoms with Crippen LogP contribution in [0.3, 0.4) is 0 Å². The number of hydrogen-bond acceptors (Lipinski definition) is 4. The third-order valence-electron chi connectivity index (χ3n) is 2.85. The summed E-state index contributed by atoms with van der Waals surface area (Å²) in [5.41, 5.74) is 0.725. The van der Waals surface area contributed by atoms with Crippen LogP contribution in [0.4, 0.5) is 5.69 Å². The van der Waals surface area contributed by atoms with E-state index in [-0.39, 0.29) is 24.3 Å². The summed E-state index contributed by atoms with van der Waals surface area (Å²) < 4.78 is 5.25. The Labute approximate surface area is 127 Å². The number of aromatic hydroxyl groups is 1. The summed E-state index contributed by atoms with van der Waals surface area (Å²) >= 11 is 0. The van der Waals surface area contributed by atoms with Gasteiger partial charge in [0.05, 0.1) is 18.6 Å². The monoisotopic (exact) mass is 301 g/mol. The van der Waals surface area contributed by atoms with Crippen molar-refractivity contribution in [3.8, 4) is 11.5 Å². The predicted octanol–water partition coefficient (Wildman–Crippen LogP) is 2.50. The number of aliphatic carboxylic acids is 1. The molecular weight excluding hydrogens is 286 g/mol. The molecule has 0 unspecified atom stereocenters. The van der Waals surface area contributed by atoms with Crippen LogP contribution in [0, 0.1) is 0 Å². The van der Waals surface area contributed by atoms with Gasteiger partial charge in [0.15, 0.2) is 0 Å². The van der Waals surface area contributed by atoms with Gasteiger partial charge in [-0.05, 0) is 36.4 Å². The molecule has 114 valence electrons. The van der Waals surface area contributed by atoms with Gasteiger partial charge in [-0.2, -0.15) is 0 Å². The molecule has 0 fully saturated rings. The SMILES string of the molecule is O=C(O)CCOc1ccc(NC(=O)c2ccccc2O)cc1. The number of carboxylic acid groups (broad SMARTS) is 1. The van der Waals surface area contributed by atoms with Crippen molar-refractivity contribution in [3.63, 3.8) is 0 Å². The molecule has 0 saturated heterocycles. The minimum atomic E-state index is -0.924. The Kier molecular flexibility index (Phi) is 4.98. The van der Waals surface area contributed by atoms with Crippen LogP contribution in [0.25, 0.3) is 0 Å². The van der Waals surface area contributed by atoms with Crippen LogP contribution in [0.15, 0.2) is 48.5 Å². The Morgan fingerprint density at radius 1 is 1.05 bits per heavy atom. The summed E-state index contributed by atoms with van der Waals surface area (Å²) in [6.45, 7) is 0.0823. The topological polar surface area (TPSA) is 95.9 Å². The van der Waals surface area contributed by atoms with E-state index in [1.54, 1.807) is 36.4 Å². The van der Waals surface area contributed by atoms with Crippen LogP contribution in [0.2, 0.25) is 0 Å². The van der Waals surface area contributed by atoms with E-state index in [2.05, 4.69) is 5.32 Å². The van der Waals surface area contributed by atoms with E-state index < -0.39 is 11.9 Å². The standard InChI is InChI=1S/C16H15NO5/c18-14-4-2-1-3-13(14)16(21)17-11-5-7-12(8-6-11)22-10-9-15(19)20/h1-8,18H,9-10H2,(H,17,21)(H,19,20). The Morgan fingerprint density at radius 2 is 1.73 bits per heavy atom. The van der Waals surface area contributed by atoms with Crippen molar-refractivity contribution in [1.82, 2.24) is 0 Å². The van der Waals surface area contributed by atoms with Crippen LogP contribution >= 0.6 is 0 Å². The van der Waals surface area contributed by atoms with Gasteiger partial charge in [-0.1, -0.05) is 12.1 Å². The number of para-hydroxylation sites is 1. The van der Waals surface area contributed by atoms with E-state index in [9.17, 15) is 14.7 Å². The van der Waals surface area contributed by atoms with E-state index in [1.165, 1.54) is 12.1 Å². The minimum absolute atomic E-state index is 0.0776. The second-order valence-corrected chi connectivity index (χ2v) is 4.49. The highest BCUT2D eigenvalue weighted by Gasteiger charge is 2.10. The van der Waals surface area contributed by atoms with Gasteiger partial charge in [0.2, 0.25) is 0 Å². The van der Waals surface area contributed by atoms with E-state index in [4.69, 9.17) is 9.84 Å². The maximum absolute atomic E-state index is 12.0. The van der Waals surface area contributed by atoms with Gasteiger partial charge in [0.1, 0.15) is 11.5 Å². The van der Waals surface area contributed by atoms with Crippen LogP contribution in [0.5, 0.6) is 11.5 Å². The molecule has 2 aromatic carbocycles. The number of rotatable bonds is 6. The number of anilines is 1. The first-order valence-electron chi connectivity index (χ1n) is 6.60. The molecule has 0 heterocycles. The van der Waals surface area contributed by atoms with E-state index in [1.807, 2.05) is 0 Å². The molecule has 6 nitrogen and oxygen atoms in total. The van der Waals surface area contributed by atoms with Crippen molar-refractivity contribution < 1.29 is 24.5 Å². The summed E-state index contributed by atoms with van der Waals surface area (Å²) in [6.07, 6.45) is -0.0776. The summed E-state index contributed by atoms with van der Waals surface area (Å²) in [7, 11) is 0. The van der Waals surface area contributed by atoms with Crippen LogP contribution < -0.4 is 10.1 Å². The second kappa shape index (κ2) is 7.12. The Morgan fingerprint density at radius 3 is 2.36 bits per heavy atom. The van der Waals surface area contributed by atoms with Gasteiger partial charge >= 0.3 is 5.97 Å². The number of carbonyl (C=O) groups is 2. The Hall–Kier alpha value is -3.02. The number of phenols is 1. The van der Waals surface area contributed by atoms with Gasteiger partial charge in [0, 0.05) is 5.69 Å². The zero-order valence-electron chi connectivity index (χ0n) is 11.7. The molecule has 0 radical (unpaired) electrons. The van der Waals surface area contributed by atoms with E-state index in [0.29, 0.717) is 11.4 Å².